The van der Waals surface area contributed by atoms with E-state index in [1.165, 1.54) is 29.5 Å². The molecule has 0 atom stereocenters. The van der Waals surface area contributed by atoms with Crippen LogP contribution in [0.1, 0.15) is 22.1 Å². The maximum Gasteiger partial charge on any atom is 0.259 e. The number of halogens is 1. The number of hydrogen-bond acceptors (Lipinski definition) is 7. The molecule has 2 heterocycles. The summed E-state index contributed by atoms with van der Waals surface area (Å²) in [6.07, 6.45) is 2.69. The Labute approximate surface area is 164 Å². The van der Waals surface area contributed by atoms with Gasteiger partial charge in [0.2, 0.25) is 11.7 Å². The number of benzene rings is 2. The molecule has 0 radical (unpaired) electrons. The zero-order valence-corrected chi connectivity index (χ0v) is 15.2. The second-order valence-corrected chi connectivity index (χ2v) is 5.97. The van der Waals surface area contributed by atoms with E-state index >= 15 is 0 Å². The summed E-state index contributed by atoms with van der Waals surface area (Å²) in [5.41, 5.74) is 0.799. The maximum absolute atomic E-state index is 14.4. The average molecular weight is 394 g/mol. The summed E-state index contributed by atoms with van der Waals surface area (Å²) in [5, 5.41) is 10.3. The number of amides is 1. The Bertz CT molecular complexity index is 1140. The highest BCUT2D eigenvalue weighted by atomic mass is 19.1. The quantitative estimate of drug-likeness (QED) is 0.536. The van der Waals surface area contributed by atoms with E-state index in [1.807, 2.05) is 0 Å². The molecule has 10 heteroatoms. The number of aryl methyl sites for hydroxylation is 1. The predicted octanol–water partition coefficient (Wildman–Crippen LogP) is 2.93. The van der Waals surface area contributed by atoms with Gasteiger partial charge in [0.15, 0.2) is 12.4 Å². The second-order valence-electron chi connectivity index (χ2n) is 5.97. The summed E-state index contributed by atoms with van der Waals surface area (Å²) in [7, 11) is 0. The molecule has 4 rings (SSSR count). The molecule has 0 bridgehead atoms. The Balaban J connectivity index is 1.49. The van der Waals surface area contributed by atoms with E-state index in [0.717, 1.165) is 0 Å². The van der Waals surface area contributed by atoms with Gasteiger partial charge in [-0.25, -0.2) is 14.1 Å². The highest BCUT2D eigenvalue weighted by Gasteiger charge is 2.15. The Morgan fingerprint density at radius 2 is 2.14 bits per heavy atom. The van der Waals surface area contributed by atoms with Crippen LogP contribution >= 0.6 is 0 Å². The summed E-state index contributed by atoms with van der Waals surface area (Å²) in [4.78, 5) is 20.5. The zero-order valence-electron chi connectivity index (χ0n) is 15.2. The molecule has 0 aliphatic carbocycles. The van der Waals surface area contributed by atoms with Crippen LogP contribution in [0.3, 0.4) is 0 Å². The third-order valence-electron chi connectivity index (χ3n) is 3.93. The van der Waals surface area contributed by atoms with E-state index in [1.54, 1.807) is 37.3 Å². The SMILES string of the molecule is Cc1nc(COc2ccccc2C(=O)Nc2ccc(-n3cncn3)c(F)c2)no1. The van der Waals surface area contributed by atoms with Gasteiger partial charge in [-0.05, 0) is 30.3 Å². The first-order chi connectivity index (χ1) is 14.1. The average Bonchev–Trinajstić information content (AvgIpc) is 3.38. The van der Waals surface area contributed by atoms with Crippen LogP contribution in [-0.2, 0) is 6.61 Å². The van der Waals surface area contributed by atoms with Crippen molar-refractivity contribution in [3.63, 3.8) is 0 Å². The molecular formula is C19H15FN6O3. The lowest BCUT2D eigenvalue weighted by molar-refractivity contribution is 0.102. The molecule has 2 aromatic heterocycles. The Hall–Kier alpha value is -4.08. The summed E-state index contributed by atoms with van der Waals surface area (Å²) in [6, 6.07) is 11.0. The molecule has 0 saturated carbocycles. The fourth-order valence-corrected chi connectivity index (χ4v) is 2.62. The van der Waals surface area contributed by atoms with Gasteiger partial charge in [0.1, 0.15) is 24.1 Å². The maximum atomic E-state index is 14.4. The van der Waals surface area contributed by atoms with Crippen molar-refractivity contribution >= 4 is 11.6 Å². The molecule has 0 aliphatic heterocycles. The minimum absolute atomic E-state index is 0.0445. The standard InChI is InChI=1S/C19H15FN6O3/c1-12-23-18(25-29-12)9-28-17-5-3-2-4-14(17)19(27)24-13-6-7-16(15(20)8-13)26-11-21-10-22-26/h2-8,10-11H,9H2,1H3,(H,24,27). The van der Waals surface area contributed by atoms with Gasteiger partial charge in [-0.15, -0.1) is 0 Å². The predicted molar refractivity (Wildman–Crippen MR) is 99.1 cm³/mol. The van der Waals surface area contributed by atoms with E-state index in [9.17, 15) is 9.18 Å². The van der Waals surface area contributed by atoms with Gasteiger partial charge in [-0.3, -0.25) is 4.79 Å². The van der Waals surface area contributed by atoms with Gasteiger partial charge in [-0.1, -0.05) is 17.3 Å². The molecule has 1 N–H and O–H groups in total. The van der Waals surface area contributed by atoms with Crippen LogP contribution in [0.15, 0.2) is 59.6 Å². The monoisotopic (exact) mass is 394 g/mol. The van der Waals surface area contributed by atoms with Crippen molar-refractivity contribution in [1.82, 2.24) is 24.9 Å². The zero-order chi connectivity index (χ0) is 20.2. The van der Waals surface area contributed by atoms with E-state index in [-0.39, 0.29) is 17.9 Å². The number of ether oxygens (including phenoxy) is 1. The molecule has 0 unspecified atom stereocenters. The van der Waals surface area contributed by atoms with Crippen LogP contribution in [-0.4, -0.2) is 30.8 Å². The summed E-state index contributed by atoms with van der Waals surface area (Å²) >= 11 is 0. The first-order valence-corrected chi connectivity index (χ1v) is 8.57. The smallest absolute Gasteiger partial charge is 0.259 e. The van der Waals surface area contributed by atoms with Crippen molar-refractivity contribution in [3.05, 3.63) is 78.2 Å². The fourth-order valence-electron chi connectivity index (χ4n) is 2.62. The minimum atomic E-state index is -0.551. The largest absolute Gasteiger partial charge is 0.485 e. The number of carbonyl (C=O) groups is 1. The molecule has 146 valence electrons. The number of nitrogens with zero attached hydrogens (tertiary/aromatic N) is 5. The molecule has 1 amide bonds. The summed E-state index contributed by atoms with van der Waals surface area (Å²) in [6.45, 7) is 1.72. The lowest BCUT2D eigenvalue weighted by Crippen LogP contribution is -2.14. The van der Waals surface area contributed by atoms with Gasteiger partial charge >= 0.3 is 0 Å². The van der Waals surface area contributed by atoms with E-state index in [2.05, 4.69) is 25.5 Å². The highest BCUT2D eigenvalue weighted by molar-refractivity contribution is 6.06. The van der Waals surface area contributed by atoms with Crippen molar-refractivity contribution in [3.8, 4) is 11.4 Å². The Kier molecular flexibility index (Phi) is 4.97. The number of para-hydroxylation sites is 1. The van der Waals surface area contributed by atoms with Crippen LogP contribution in [0.4, 0.5) is 10.1 Å². The summed E-state index contributed by atoms with van der Waals surface area (Å²) < 4.78 is 26.2. The topological polar surface area (TPSA) is 108 Å². The second kappa shape index (κ2) is 7.89. The van der Waals surface area contributed by atoms with E-state index in [0.29, 0.717) is 23.2 Å². The first-order valence-electron chi connectivity index (χ1n) is 8.57. The third kappa shape index (κ3) is 4.10. The number of anilines is 1. The Morgan fingerprint density at radius 1 is 1.28 bits per heavy atom. The molecule has 0 saturated heterocycles. The molecule has 29 heavy (non-hydrogen) atoms. The molecule has 9 nitrogen and oxygen atoms in total. The molecular weight excluding hydrogens is 379 g/mol. The minimum Gasteiger partial charge on any atom is -0.485 e. The van der Waals surface area contributed by atoms with E-state index in [4.69, 9.17) is 9.26 Å². The lowest BCUT2D eigenvalue weighted by atomic mass is 10.1. The number of hydrogen-bond donors (Lipinski definition) is 1. The van der Waals surface area contributed by atoms with Crippen LogP contribution in [0.5, 0.6) is 5.75 Å². The van der Waals surface area contributed by atoms with Gasteiger partial charge < -0.3 is 14.6 Å². The molecule has 0 fully saturated rings. The number of nitrogens with one attached hydrogen (secondary N) is 1. The highest BCUT2D eigenvalue weighted by Crippen LogP contribution is 2.22. The third-order valence-corrected chi connectivity index (χ3v) is 3.93. The van der Waals surface area contributed by atoms with Gasteiger partial charge in [0.25, 0.3) is 5.91 Å². The van der Waals surface area contributed by atoms with Crippen molar-refractivity contribution in [2.24, 2.45) is 0 Å². The normalized spacial score (nSPS) is 10.7. The molecule has 2 aromatic carbocycles. The van der Waals surface area contributed by atoms with Gasteiger partial charge in [0.05, 0.1) is 5.56 Å². The van der Waals surface area contributed by atoms with Crippen LogP contribution < -0.4 is 10.1 Å². The van der Waals surface area contributed by atoms with Crippen molar-refractivity contribution in [1.29, 1.82) is 0 Å². The van der Waals surface area contributed by atoms with E-state index < -0.39 is 11.7 Å². The van der Waals surface area contributed by atoms with Crippen LogP contribution in [0.2, 0.25) is 0 Å². The van der Waals surface area contributed by atoms with Crippen molar-refractivity contribution < 1.29 is 18.4 Å². The number of rotatable bonds is 6. The van der Waals surface area contributed by atoms with Crippen molar-refractivity contribution in [2.45, 2.75) is 13.5 Å². The summed E-state index contributed by atoms with van der Waals surface area (Å²) in [5.74, 6) is 0.129. The fraction of sp³-hybridized carbons (Fsp3) is 0.105. The molecule has 0 spiro atoms. The number of carbonyl (C=O) groups excluding carboxylic acids is 1. The van der Waals surface area contributed by atoms with Gasteiger partial charge in [0, 0.05) is 12.6 Å². The van der Waals surface area contributed by atoms with Crippen molar-refractivity contribution in [2.75, 3.05) is 5.32 Å². The lowest BCUT2D eigenvalue weighted by Gasteiger charge is -2.11. The molecule has 0 aliphatic rings. The van der Waals surface area contributed by atoms with Crippen LogP contribution in [0.25, 0.3) is 5.69 Å². The Morgan fingerprint density at radius 3 is 2.86 bits per heavy atom. The molecule has 4 aromatic rings. The van der Waals surface area contributed by atoms with Gasteiger partial charge in [-0.2, -0.15) is 10.1 Å². The van der Waals surface area contributed by atoms with Crippen LogP contribution in [0, 0.1) is 12.7 Å². The number of aromatic nitrogens is 5. The first kappa shape index (κ1) is 18.3.